The molecule has 2 aromatic rings. The highest BCUT2D eigenvalue weighted by Gasteiger charge is 2.23. The van der Waals surface area contributed by atoms with E-state index >= 15 is 0 Å². The zero-order valence-corrected chi connectivity index (χ0v) is 20.3. The number of anilines is 1. The standard InChI is InChI=1S/C24H30Cl2N4O2/c1-17-6-4-7-18(2)24(17)27-21(31)15-29-10-12-30(13-11-29)22(32)16-28(3)14-19-8-5-9-20(25)23(19)26/h4-9H,10-16H2,1-3H3,(H,27,31). The van der Waals surface area contributed by atoms with E-state index in [2.05, 4.69) is 10.2 Å². The van der Waals surface area contributed by atoms with Gasteiger partial charge in [0.1, 0.15) is 0 Å². The minimum atomic E-state index is -0.0275. The molecule has 2 aromatic carbocycles. The summed E-state index contributed by atoms with van der Waals surface area (Å²) < 4.78 is 0. The van der Waals surface area contributed by atoms with Gasteiger partial charge in [-0.3, -0.25) is 19.4 Å². The molecule has 0 bridgehead atoms. The van der Waals surface area contributed by atoms with Crippen LogP contribution < -0.4 is 5.32 Å². The van der Waals surface area contributed by atoms with Crippen LogP contribution in [0.4, 0.5) is 5.69 Å². The van der Waals surface area contributed by atoms with E-state index in [1.807, 2.05) is 61.0 Å². The van der Waals surface area contributed by atoms with Crippen LogP contribution in [0.2, 0.25) is 10.0 Å². The largest absolute Gasteiger partial charge is 0.339 e. The molecule has 1 saturated heterocycles. The molecule has 1 N–H and O–H groups in total. The summed E-state index contributed by atoms with van der Waals surface area (Å²) in [5.74, 6) is 0.0468. The van der Waals surface area contributed by atoms with Crippen LogP contribution in [0.15, 0.2) is 36.4 Å². The van der Waals surface area contributed by atoms with Gasteiger partial charge in [0.15, 0.2) is 0 Å². The van der Waals surface area contributed by atoms with E-state index in [1.54, 1.807) is 6.07 Å². The number of likely N-dealkylation sites (N-methyl/N-ethyl adjacent to an activating group) is 1. The molecule has 1 aliphatic heterocycles. The number of carbonyl (C=O) groups is 2. The van der Waals surface area contributed by atoms with E-state index in [0.717, 1.165) is 22.4 Å². The van der Waals surface area contributed by atoms with Gasteiger partial charge < -0.3 is 10.2 Å². The maximum atomic E-state index is 12.7. The zero-order chi connectivity index (χ0) is 23.3. The van der Waals surface area contributed by atoms with Gasteiger partial charge in [-0.15, -0.1) is 0 Å². The lowest BCUT2D eigenvalue weighted by Crippen LogP contribution is -2.52. The average molecular weight is 477 g/mol. The molecule has 8 heteroatoms. The van der Waals surface area contributed by atoms with Gasteiger partial charge in [0.25, 0.3) is 0 Å². The van der Waals surface area contributed by atoms with E-state index in [4.69, 9.17) is 23.2 Å². The van der Waals surface area contributed by atoms with Crippen LogP contribution in [-0.4, -0.2) is 72.8 Å². The van der Waals surface area contributed by atoms with Crippen molar-refractivity contribution in [3.63, 3.8) is 0 Å². The van der Waals surface area contributed by atoms with Gasteiger partial charge in [-0.05, 0) is 43.7 Å². The topological polar surface area (TPSA) is 55.9 Å². The highest BCUT2D eigenvalue weighted by Crippen LogP contribution is 2.26. The first-order chi connectivity index (χ1) is 15.2. The average Bonchev–Trinajstić information content (AvgIpc) is 2.74. The molecule has 0 radical (unpaired) electrons. The lowest BCUT2D eigenvalue weighted by molar-refractivity contribution is -0.134. The highest BCUT2D eigenvalue weighted by atomic mass is 35.5. The monoisotopic (exact) mass is 476 g/mol. The lowest BCUT2D eigenvalue weighted by Gasteiger charge is -2.35. The number of nitrogens with zero attached hydrogens (tertiary/aromatic N) is 3. The summed E-state index contributed by atoms with van der Waals surface area (Å²) in [6.45, 7) is 7.73. The molecule has 0 aromatic heterocycles. The first kappa shape index (κ1) is 24.5. The Hall–Kier alpha value is -2.12. The van der Waals surface area contributed by atoms with Crippen molar-refractivity contribution in [1.29, 1.82) is 0 Å². The fourth-order valence-corrected chi connectivity index (χ4v) is 4.28. The van der Waals surface area contributed by atoms with Crippen LogP contribution in [0, 0.1) is 13.8 Å². The van der Waals surface area contributed by atoms with Crippen molar-refractivity contribution < 1.29 is 9.59 Å². The Bertz CT molecular complexity index is 954. The number of piperazine rings is 1. The summed E-state index contributed by atoms with van der Waals surface area (Å²) in [4.78, 5) is 31.1. The number of hydrogen-bond acceptors (Lipinski definition) is 4. The minimum Gasteiger partial charge on any atom is -0.339 e. The van der Waals surface area contributed by atoms with Gasteiger partial charge in [-0.2, -0.15) is 0 Å². The Morgan fingerprint density at radius 2 is 1.62 bits per heavy atom. The highest BCUT2D eigenvalue weighted by molar-refractivity contribution is 6.42. The molecule has 32 heavy (non-hydrogen) atoms. The number of benzene rings is 2. The van der Waals surface area contributed by atoms with Crippen LogP contribution in [0.25, 0.3) is 0 Å². The van der Waals surface area contributed by atoms with Crippen LogP contribution >= 0.6 is 23.2 Å². The van der Waals surface area contributed by atoms with Crippen LogP contribution in [-0.2, 0) is 16.1 Å². The summed E-state index contributed by atoms with van der Waals surface area (Å²) in [6, 6.07) is 11.5. The summed E-state index contributed by atoms with van der Waals surface area (Å²) in [6.07, 6.45) is 0. The number of para-hydroxylation sites is 1. The van der Waals surface area contributed by atoms with Gasteiger partial charge in [-0.1, -0.05) is 53.5 Å². The number of amides is 2. The predicted molar refractivity (Wildman–Crippen MR) is 130 cm³/mol. The normalized spacial score (nSPS) is 14.6. The molecule has 1 fully saturated rings. The molecule has 172 valence electrons. The van der Waals surface area contributed by atoms with Crippen molar-refractivity contribution >= 4 is 40.7 Å². The van der Waals surface area contributed by atoms with E-state index in [1.165, 1.54) is 0 Å². The van der Waals surface area contributed by atoms with Crippen molar-refractivity contribution in [2.24, 2.45) is 0 Å². The van der Waals surface area contributed by atoms with Gasteiger partial charge in [0, 0.05) is 38.4 Å². The maximum Gasteiger partial charge on any atom is 0.238 e. The molecule has 0 saturated carbocycles. The van der Waals surface area contributed by atoms with Crippen LogP contribution in [0.1, 0.15) is 16.7 Å². The van der Waals surface area contributed by atoms with Gasteiger partial charge in [0.2, 0.25) is 11.8 Å². The quantitative estimate of drug-likeness (QED) is 0.659. The van der Waals surface area contributed by atoms with Crippen molar-refractivity contribution in [3.05, 3.63) is 63.1 Å². The molecule has 1 heterocycles. The molecule has 3 rings (SSSR count). The molecule has 0 atom stereocenters. The maximum absolute atomic E-state index is 12.7. The number of hydrogen-bond donors (Lipinski definition) is 1. The van der Waals surface area contributed by atoms with E-state index in [9.17, 15) is 9.59 Å². The summed E-state index contributed by atoms with van der Waals surface area (Å²) >= 11 is 12.3. The molecule has 6 nitrogen and oxygen atoms in total. The third kappa shape index (κ3) is 6.45. The predicted octanol–water partition coefficient (Wildman–Crippen LogP) is 3.82. The molecular formula is C24H30Cl2N4O2. The Kier molecular flexibility index (Phi) is 8.54. The van der Waals surface area contributed by atoms with E-state index in [0.29, 0.717) is 55.9 Å². The Balaban J connectivity index is 1.44. The molecule has 0 aliphatic carbocycles. The third-order valence-corrected chi connectivity index (χ3v) is 6.57. The molecule has 1 aliphatic rings. The zero-order valence-electron chi connectivity index (χ0n) is 18.8. The number of carbonyl (C=O) groups excluding carboxylic acids is 2. The Morgan fingerprint density at radius 1 is 1.00 bits per heavy atom. The number of nitrogens with one attached hydrogen (secondary N) is 1. The number of rotatable bonds is 7. The van der Waals surface area contributed by atoms with Gasteiger partial charge in [0.05, 0.1) is 23.1 Å². The van der Waals surface area contributed by atoms with Crippen LogP contribution in [0.5, 0.6) is 0 Å². The Labute approximate surface area is 200 Å². The molecule has 0 spiro atoms. The van der Waals surface area contributed by atoms with Crippen molar-refractivity contribution in [2.45, 2.75) is 20.4 Å². The second-order valence-corrected chi connectivity index (χ2v) is 9.14. The minimum absolute atomic E-state index is 0.0275. The first-order valence-corrected chi connectivity index (χ1v) is 11.5. The summed E-state index contributed by atoms with van der Waals surface area (Å²) in [5, 5.41) is 4.07. The van der Waals surface area contributed by atoms with E-state index in [-0.39, 0.29) is 11.8 Å². The second kappa shape index (κ2) is 11.1. The lowest BCUT2D eigenvalue weighted by atomic mass is 10.1. The Morgan fingerprint density at radius 3 is 2.28 bits per heavy atom. The summed E-state index contributed by atoms with van der Waals surface area (Å²) in [5.41, 5.74) is 3.89. The first-order valence-electron chi connectivity index (χ1n) is 10.7. The second-order valence-electron chi connectivity index (χ2n) is 8.36. The van der Waals surface area contributed by atoms with Gasteiger partial charge in [-0.25, -0.2) is 0 Å². The SMILES string of the molecule is Cc1cccc(C)c1NC(=O)CN1CCN(C(=O)CN(C)Cc2cccc(Cl)c2Cl)CC1. The van der Waals surface area contributed by atoms with Gasteiger partial charge >= 0.3 is 0 Å². The fraction of sp³-hybridized carbons (Fsp3) is 0.417. The molecule has 2 amide bonds. The molecule has 0 unspecified atom stereocenters. The fourth-order valence-electron chi connectivity index (χ4n) is 3.90. The smallest absolute Gasteiger partial charge is 0.238 e. The van der Waals surface area contributed by atoms with Crippen molar-refractivity contribution in [2.75, 3.05) is 51.6 Å². The third-order valence-electron chi connectivity index (χ3n) is 5.71. The number of halogens is 2. The molecular weight excluding hydrogens is 447 g/mol. The van der Waals surface area contributed by atoms with E-state index < -0.39 is 0 Å². The van der Waals surface area contributed by atoms with Crippen molar-refractivity contribution in [3.8, 4) is 0 Å². The summed E-state index contributed by atoms with van der Waals surface area (Å²) in [7, 11) is 1.89. The van der Waals surface area contributed by atoms with Crippen LogP contribution in [0.3, 0.4) is 0 Å². The number of aryl methyl sites for hydroxylation is 2. The van der Waals surface area contributed by atoms with Crippen molar-refractivity contribution in [1.82, 2.24) is 14.7 Å².